The number of benzene rings is 3. The van der Waals surface area contributed by atoms with Crippen LogP contribution in [0.4, 0.5) is 5.69 Å². The van der Waals surface area contributed by atoms with Gasteiger partial charge in [0.15, 0.2) is 0 Å². The van der Waals surface area contributed by atoms with Crippen molar-refractivity contribution in [2.24, 2.45) is 7.05 Å². The molecule has 2 heterocycles. The molecule has 0 amide bonds. The van der Waals surface area contributed by atoms with Gasteiger partial charge in [-0.05, 0) is 47.9 Å². The molecule has 3 heteroatoms. The smallest absolute Gasteiger partial charge is 0.249 e. The Morgan fingerprint density at radius 3 is 2.55 bits per heavy atom. The van der Waals surface area contributed by atoms with Crippen LogP contribution in [0.15, 0.2) is 42.5 Å². The normalized spacial score (nSPS) is 12.2. The molecule has 0 N–H and O–H groups in total. The van der Waals surface area contributed by atoms with E-state index in [1.807, 2.05) is 18.2 Å². The van der Waals surface area contributed by atoms with Crippen LogP contribution in [0.5, 0.6) is 11.5 Å². The number of rotatable bonds is 1. The van der Waals surface area contributed by atoms with Gasteiger partial charge < -0.3 is 4.74 Å². The Morgan fingerprint density at radius 1 is 1.07 bits per heavy atom. The number of fused-ring (bicyclic) bond motifs is 3. The minimum Gasteiger partial charge on any atom is -0.461 e. The van der Waals surface area contributed by atoms with Crippen LogP contribution in [0.3, 0.4) is 0 Å². The fourth-order valence-electron chi connectivity index (χ4n) is 4.55. The van der Waals surface area contributed by atoms with Crippen LogP contribution in [0.2, 0.25) is 0 Å². The molecule has 0 aliphatic carbocycles. The molecule has 4 aromatic rings. The third kappa shape index (κ3) is 2.32. The lowest BCUT2D eigenvalue weighted by atomic mass is 9.88. The summed E-state index contributed by atoms with van der Waals surface area (Å²) < 4.78 is 8.69. The van der Waals surface area contributed by atoms with E-state index in [4.69, 9.17) is 11.3 Å². The summed E-state index contributed by atoms with van der Waals surface area (Å²) in [5.74, 6) is 1.93. The first kappa shape index (κ1) is 17.7. The van der Waals surface area contributed by atoms with Crippen molar-refractivity contribution >= 4 is 27.4 Å². The van der Waals surface area contributed by atoms with Crippen LogP contribution in [-0.4, -0.2) is 0 Å². The summed E-state index contributed by atoms with van der Waals surface area (Å²) in [6.07, 6.45) is 0. The SMILES string of the molecule is [C-]#[N+]c1c2c([n+](C)c3ccccc13)-c1c(C)c(C)cc3cc(C(C)C)cc(c13)O2. The topological polar surface area (TPSA) is 17.5 Å². The van der Waals surface area contributed by atoms with E-state index < -0.39 is 0 Å². The van der Waals surface area contributed by atoms with Gasteiger partial charge in [-0.2, -0.15) is 4.57 Å². The minimum absolute atomic E-state index is 0.402. The summed E-state index contributed by atoms with van der Waals surface area (Å²) in [6, 6.07) is 14.8. The summed E-state index contributed by atoms with van der Waals surface area (Å²) in [5.41, 5.74) is 7.54. The Hall–Kier alpha value is -3.38. The number of nitrogens with zero attached hydrogens (tertiary/aromatic N) is 2. The standard InChI is InChI=1S/C26H23N2O/c1-14(2)17-12-18-11-15(3)16(4)22-23(18)21(13-17)29-26-24(27-5)19-9-7-8-10-20(19)28(6)25(22)26/h7-14H,1-4,6H3/q+1. The van der Waals surface area contributed by atoms with Gasteiger partial charge in [-0.1, -0.05) is 44.2 Å². The number of hydrogen-bond donors (Lipinski definition) is 0. The zero-order valence-corrected chi connectivity index (χ0v) is 17.4. The maximum atomic E-state index is 7.91. The van der Waals surface area contributed by atoms with Crippen molar-refractivity contribution in [1.29, 1.82) is 0 Å². The second-order valence-electron chi connectivity index (χ2n) is 8.28. The highest BCUT2D eigenvalue weighted by molar-refractivity contribution is 6.08. The lowest BCUT2D eigenvalue weighted by Gasteiger charge is -2.24. The highest BCUT2D eigenvalue weighted by Crippen LogP contribution is 2.52. The van der Waals surface area contributed by atoms with Gasteiger partial charge in [-0.15, -0.1) is 0 Å². The number of aryl methyl sites for hydroxylation is 2. The summed E-state index contributed by atoms with van der Waals surface area (Å²) in [4.78, 5) is 3.91. The van der Waals surface area contributed by atoms with E-state index in [-0.39, 0.29) is 0 Å². The van der Waals surface area contributed by atoms with Crippen molar-refractivity contribution in [2.45, 2.75) is 33.6 Å². The zero-order chi connectivity index (χ0) is 20.4. The molecule has 1 aliphatic heterocycles. The van der Waals surface area contributed by atoms with Crippen LogP contribution in [0, 0.1) is 20.4 Å². The first-order valence-corrected chi connectivity index (χ1v) is 10.0. The van der Waals surface area contributed by atoms with Crippen molar-refractivity contribution in [1.82, 2.24) is 0 Å². The molecule has 0 unspecified atom stereocenters. The molecule has 0 saturated carbocycles. The second-order valence-corrected chi connectivity index (χ2v) is 8.28. The number of para-hydroxylation sites is 1. The number of ether oxygens (including phenoxy) is 1. The van der Waals surface area contributed by atoms with Crippen LogP contribution in [0.1, 0.15) is 36.5 Å². The minimum atomic E-state index is 0.402. The number of hydrogen-bond acceptors (Lipinski definition) is 1. The van der Waals surface area contributed by atoms with Crippen LogP contribution in [0.25, 0.3) is 37.8 Å². The maximum absolute atomic E-state index is 7.91. The molecule has 29 heavy (non-hydrogen) atoms. The van der Waals surface area contributed by atoms with E-state index in [1.165, 1.54) is 27.6 Å². The monoisotopic (exact) mass is 379 g/mol. The third-order valence-electron chi connectivity index (χ3n) is 6.26. The predicted octanol–water partition coefficient (Wildman–Crippen LogP) is 6.88. The first-order valence-electron chi connectivity index (χ1n) is 10.0. The summed E-state index contributed by atoms with van der Waals surface area (Å²) in [6.45, 7) is 16.6. The van der Waals surface area contributed by atoms with Gasteiger partial charge in [0.05, 0.1) is 17.5 Å². The van der Waals surface area contributed by atoms with Crippen LogP contribution in [-0.2, 0) is 7.05 Å². The van der Waals surface area contributed by atoms with E-state index in [0.717, 1.165) is 27.7 Å². The van der Waals surface area contributed by atoms with E-state index in [2.05, 4.69) is 68.4 Å². The molecule has 1 aliphatic rings. The molecule has 3 aromatic carbocycles. The lowest BCUT2D eigenvalue weighted by Crippen LogP contribution is -2.33. The molecular formula is C26H23N2O+. The second kappa shape index (κ2) is 6.06. The molecule has 0 spiro atoms. The molecule has 3 nitrogen and oxygen atoms in total. The Kier molecular flexibility index (Phi) is 3.70. The molecule has 0 bridgehead atoms. The van der Waals surface area contributed by atoms with Crippen molar-refractivity contribution in [2.75, 3.05) is 0 Å². The molecular weight excluding hydrogens is 356 g/mol. The van der Waals surface area contributed by atoms with E-state index in [9.17, 15) is 0 Å². The van der Waals surface area contributed by atoms with Gasteiger partial charge in [0.1, 0.15) is 12.8 Å². The summed E-state index contributed by atoms with van der Waals surface area (Å²) >= 11 is 0. The summed E-state index contributed by atoms with van der Waals surface area (Å²) in [5, 5.41) is 3.27. The number of aromatic nitrogens is 1. The molecule has 0 saturated heterocycles. The predicted molar refractivity (Wildman–Crippen MR) is 118 cm³/mol. The molecule has 1 aromatic heterocycles. The van der Waals surface area contributed by atoms with Crippen LogP contribution >= 0.6 is 0 Å². The van der Waals surface area contributed by atoms with Crippen molar-refractivity contribution in [3.8, 4) is 22.8 Å². The van der Waals surface area contributed by atoms with Gasteiger partial charge >= 0.3 is 0 Å². The van der Waals surface area contributed by atoms with Gasteiger partial charge in [-0.3, -0.25) is 0 Å². The van der Waals surface area contributed by atoms with E-state index in [0.29, 0.717) is 17.4 Å². The Labute approximate surface area is 171 Å². The Morgan fingerprint density at radius 2 is 1.83 bits per heavy atom. The van der Waals surface area contributed by atoms with E-state index in [1.54, 1.807) is 0 Å². The highest BCUT2D eigenvalue weighted by Gasteiger charge is 2.34. The largest absolute Gasteiger partial charge is 0.461 e. The first-order chi connectivity index (χ1) is 13.9. The average molecular weight is 379 g/mol. The molecule has 0 radical (unpaired) electrons. The zero-order valence-electron chi connectivity index (χ0n) is 17.4. The Bertz CT molecular complexity index is 1390. The quantitative estimate of drug-likeness (QED) is 0.229. The van der Waals surface area contributed by atoms with Gasteiger partial charge in [-0.25, -0.2) is 4.85 Å². The maximum Gasteiger partial charge on any atom is 0.249 e. The van der Waals surface area contributed by atoms with E-state index >= 15 is 0 Å². The molecule has 0 atom stereocenters. The van der Waals surface area contributed by atoms with Gasteiger partial charge in [0, 0.05) is 11.5 Å². The third-order valence-corrected chi connectivity index (χ3v) is 6.26. The van der Waals surface area contributed by atoms with Crippen molar-refractivity contribution in [3.05, 3.63) is 70.6 Å². The van der Waals surface area contributed by atoms with Gasteiger partial charge in [0.2, 0.25) is 22.6 Å². The number of pyridine rings is 1. The van der Waals surface area contributed by atoms with Crippen LogP contribution < -0.4 is 9.30 Å². The lowest BCUT2D eigenvalue weighted by molar-refractivity contribution is -0.633. The fourth-order valence-corrected chi connectivity index (χ4v) is 4.55. The van der Waals surface area contributed by atoms with Crippen molar-refractivity contribution < 1.29 is 9.30 Å². The summed E-state index contributed by atoms with van der Waals surface area (Å²) in [7, 11) is 2.07. The Balaban J connectivity index is 2.03. The van der Waals surface area contributed by atoms with Crippen molar-refractivity contribution in [3.63, 3.8) is 0 Å². The van der Waals surface area contributed by atoms with Gasteiger partial charge in [0.25, 0.3) is 0 Å². The fraction of sp³-hybridized carbons (Fsp3) is 0.231. The molecule has 142 valence electrons. The average Bonchev–Trinajstić information content (AvgIpc) is 2.71. The molecule has 5 rings (SSSR count). The molecule has 0 fully saturated rings. The highest BCUT2D eigenvalue weighted by atomic mass is 16.5.